The second-order valence-electron chi connectivity index (χ2n) is 5.75. The van der Waals surface area contributed by atoms with Crippen LogP contribution >= 0.6 is 15.9 Å². The highest BCUT2D eigenvalue weighted by molar-refractivity contribution is 9.10. The van der Waals surface area contributed by atoms with Crippen molar-refractivity contribution in [2.24, 2.45) is 0 Å². The maximum Gasteiger partial charge on any atom is 0.120 e. The average Bonchev–Trinajstić information content (AvgIpc) is 2.43. The summed E-state index contributed by atoms with van der Waals surface area (Å²) in [6, 6.07) is 16.7. The van der Waals surface area contributed by atoms with Gasteiger partial charge in [0.25, 0.3) is 0 Å². The second-order valence-corrected chi connectivity index (χ2v) is 6.67. The summed E-state index contributed by atoms with van der Waals surface area (Å²) >= 11 is 3.47. The Morgan fingerprint density at radius 2 is 1.95 bits per heavy atom. The van der Waals surface area contributed by atoms with Crippen LogP contribution in [0.2, 0.25) is 0 Å². The number of nitrogens with one attached hydrogen (secondary N) is 1. The van der Waals surface area contributed by atoms with Crippen LogP contribution in [0.1, 0.15) is 17.5 Å². The molecule has 3 heteroatoms. The molecule has 1 heterocycles. The molecule has 0 spiro atoms. The summed E-state index contributed by atoms with van der Waals surface area (Å²) in [6.45, 7) is 5.02. The van der Waals surface area contributed by atoms with E-state index in [-0.39, 0.29) is 5.41 Å². The zero-order valence-corrected chi connectivity index (χ0v) is 13.8. The van der Waals surface area contributed by atoms with E-state index in [1.54, 1.807) is 0 Å². The third kappa shape index (κ3) is 3.14. The van der Waals surface area contributed by atoms with E-state index in [0.29, 0.717) is 0 Å². The fourth-order valence-corrected chi connectivity index (χ4v) is 3.40. The second kappa shape index (κ2) is 6.20. The normalized spacial score (nSPS) is 16.3. The summed E-state index contributed by atoms with van der Waals surface area (Å²) in [5.41, 5.74) is 3.07. The molecule has 0 bridgehead atoms. The minimum absolute atomic E-state index is 0.233. The Bertz CT molecular complexity index is 622. The van der Waals surface area contributed by atoms with Gasteiger partial charge in [-0.1, -0.05) is 46.3 Å². The maximum atomic E-state index is 5.92. The topological polar surface area (TPSA) is 21.3 Å². The van der Waals surface area contributed by atoms with Crippen molar-refractivity contribution in [3.63, 3.8) is 0 Å². The Hall–Kier alpha value is -1.32. The predicted octanol–water partition coefficient (Wildman–Crippen LogP) is 4.07. The lowest BCUT2D eigenvalue weighted by molar-refractivity contribution is 0.198. The van der Waals surface area contributed by atoms with Gasteiger partial charge in [-0.15, -0.1) is 0 Å². The first-order valence-electron chi connectivity index (χ1n) is 7.35. The number of rotatable bonds is 5. The molecule has 0 radical (unpaired) electrons. The van der Waals surface area contributed by atoms with Crippen molar-refractivity contribution in [3.8, 4) is 5.75 Å². The summed E-state index contributed by atoms with van der Waals surface area (Å²) < 4.78 is 6.98. The monoisotopic (exact) mass is 345 g/mol. The third-order valence-corrected chi connectivity index (χ3v) is 4.78. The van der Waals surface area contributed by atoms with Gasteiger partial charge in [-0.05, 0) is 42.7 Å². The fraction of sp³-hybridized carbons (Fsp3) is 0.333. The van der Waals surface area contributed by atoms with Crippen LogP contribution in [0, 0.1) is 6.92 Å². The first-order valence-corrected chi connectivity index (χ1v) is 8.14. The molecule has 21 heavy (non-hydrogen) atoms. The van der Waals surface area contributed by atoms with Gasteiger partial charge in [-0.3, -0.25) is 0 Å². The van der Waals surface area contributed by atoms with E-state index in [2.05, 4.69) is 52.4 Å². The minimum Gasteiger partial charge on any atom is -0.494 e. The van der Waals surface area contributed by atoms with Crippen LogP contribution in [-0.4, -0.2) is 19.7 Å². The molecular weight excluding hydrogens is 326 g/mol. The molecule has 0 aromatic heterocycles. The Kier molecular flexibility index (Phi) is 4.32. The highest BCUT2D eigenvalue weighted by Gasteiger charge is 2.39. The number of hydrogen-bond acceptors (Lipinski definition) is 2. The number of aryl methyl sites for hydroxylation is 1. The van der Waals surface area contributed by atoms with Gasteiger partial charge in [-0.25, -0.2) is 0 Å². The van der Waals surface area contributed by atoms with Crippen molar-refractivity contribution in [1.82, 2.24) is 5.32 Å². The van der Waals surface area contributed by atoms with E-state index in [9.17, 15) is 0 Å². The van der Waals surface area contributed by atoms with Crippen molar-refractivity contribution in [1.29, 1.82) is 0 Å². The summed E-state index contributed by atoms with van der Waals surface area (Å²) in [6.07, 6.45) is 1.04. The Morgan fingerprint density at radius 3 is 2.62 bits per heavy atom. The first-order chi connectivity index (χ1) is 10.2. The van der Waals surface area contributed by atoms with Crippen molar-refractivity contribution >= 4 is 15.9 Å². The van der Waals surface area contributed by atoms with Crippen LogP contribution < -0.4 is 10.1 Å². The van der Waals surface area contributed by atoms with Gasteiger partial charge < -0.3 is 10.1 Å². The van der Waals surface area contributed by atoms with Crippen molar-refractivity contribution in [2.75, 3.05) is 19.7 Å². The number of benzene rings is 2. The Labute approximate surface area is 134 Å². The van der Waals surface area contributed by atoms with E-state index in [0.717, 1.165) is 36.3 Å². The molecule has 0 atom stereocenters. The van der Waals surface area contributed by atoms with E-state index in [1.165, 1.54) is 11.1 Å². The minimum atomic E-state index is 0.233. The summed E-state index contributed by atoms with van der Waals surface area (Å²) in [4.78, 5) is 0. The van der Waals surface area contributed by atoms with Crippen LogP contribution in [0.5, 0.6) is 5.75 Å². The molecule has 110 valence electrons. The summed E-state index contributed by atoms with van der Waals surface area (Å²) in [5.74, 6) is 0.927. The molecule has 1 N–H and O–H groups in total. The lowest BCUT2D eigenvalue weighted by Crippen LogP contribution is -2.57. The van der Waals surface area contributed by atoms with Gasteiger partial charge in [0.05, 0.1) is 6.61 Å². The van der Waals surface area contributed by atoms with Gasteiger partial charge >= 0.3 is 0 Å². The van der Waals surface area contributed by atoms with E-state index in [1.807, 2.05) is 24.3 Å². The summed E-state index contributed by atoms with van der Waals surface area (Å²) in [7, 11) is 0. The average molecular weight is 346 g/mol. The highest BCUT2D eigenvalue weighted by Crippen LogP contribution is 2.34. The molecule has 3 rings (SSSR count). The standard InChI is InChI=1S/C18H20BrNO/c1-14-5-2-3-8-17(14)18(12-20-13-18)9-10-21-16-7-4-6-15(19)11-16/h2-8,11,20H,9-10,12-13H2,1H3. The van der Waals surface area contributed by atoms with E-state index >= 15 is 0 Å². The molecule has 0 unspecified atom stereocenters. The maximum absolute atomic E-state index is 5.92. The molecule has 2 aromatic carbocycles. The predicted molar refractivity (Wildman–Crippen MR) is 90.0 cm³/mol. The van der Waals surface area contributed by atoms with Crippen LogP contribution in [0.3, 0.4) is 0 Å². The van der Waals surface area contributed by atoms with Crippen molar-refractivity contribution in [3.05, 3.63) is 64.1 Å². The number of ether oxygens (including phenoxy) is 1. The van der Waals surface area contributed by atoms with Crippen LogP contribution in [-0.2, 0) is 5.41 Å². The van der Waals surface area contributed by atoms with Crippen LogP contribution in [0.15, 0.2) is 53.0 Å². The molecule has 2 nitrogen and oxygen atoms in total. The lowest BCUT2D eigenvalue weighted by Gasteiger charge is -2.44. The Balaban J connectivity index is 1.67. The van der Waals surface area contributed by atoms with E-state index < -0.39 is 0 Å². The third-order valence-electron chi connectivity index (χ3n) is 4.29. The molecule has 1 aliphatic heterocycles. The molecule has 0 saturated carbocycles. The van der Waals surface area contributed by atoms with Gasteiger partial charge in [0.2, 0.25) is 0 Å². The zero-order chi connectivity index (χ0) is 14.7. The first kappa shape index (κ1) is 14.6. The SMILES string of the molecule is Cc1ccccc1C1(CCOc2cccc(Br)c2)CNC1. The molecule has 1 saturated heterocycles. The fourth-order valence-electron chi connectivity index (χ4n) is 3.02. The quantitative estimate of drug-likeness (QED) is 0.881. The molecule has 0 aliphatic carbocycles. The highest BCUT2D eigenvalue weighted by atomic mass is 79.9. The van der Waals surface area contributed by atoms with Crippen molar-refractivity contribution in [2.45, 2.75) is 18.8 Å². The molecule has 1 aliphatic rings. The van der Waals surface area contributed by atoms with Gasteiger partial charge in [0.1, 0.15) is 5.75 Å². The molecular formula is C18H20BrNO. The molecule has 2 aromatic rings. The smallest absolute Gasteiger partial charge is 0.120 e. The lowest BCUT2D eigenvalue weighted by atomic mass is 9.71. The largest absolute Gasteiger partial charge is 0.494 e. The molecule has 1 fully saturated rings. The van der Waals surface area contributed by atoms with Crippen molar-refractivity contribution < 1.29 is 4.74 Å². The number of halogens is 1. The summed E-state index contributed by atoms with van der Waals surface area (Å²) in [5, 5.41) is 3.42. The van der Waals surface area contributed by atoms with Gasteiger partial charge in [0.15, 0.2) is 0 Å². The molecule has 0 amide bonds. The van der Waals surface area contributed by atoms with E-state index in [4.69, 9.17) is 4.74 Å². The van der Waals surface area contributed by atoms with Gasteiger partial charge in [0, 0.05) is 23.0 Å². The number of hydrogen-bond donors (Lipinski definition) is 1. The zero-order valence-electron chi connectivity index (χ0n) is 12.2. The van der Waals surface area contributed by atoms with Crippen LogP contribution in [0.25, 0.3) is 0 Å². The van der Waals surface area contributed by atoms with Crippen LogP contribution in [0.4, 0.5) is 0 Å². The Morgan fingerprint density at radius 1 is 1.14 bits per heavy atom. The van der Waals surface area contributed by atoms with Gasteiger partial charge in [-0.2, -0.15) is 0 Å².